The van der Waals surface area contributed by atoms with Gasteiger partial charge in [-0.2, -0.15) is 5.10 Å². The van der Waals surface area contributed by atoms with E-state index in [1.807, 2.05) is 31.3 Å². The molecule has 0 aliphatic heterocycles. The lowest BCUT2D eigenvalue weighted by molar-refractivity contribution is 0.741. The molecule has 0 fully saturated rings. The topological polar surface area (TPSA) is 71.4 Å². The van der Waals surface area contributed by atoms with E-state index < -0.39 is 0 Å². The number of aryl methyl sites for hydroxylation is 1. The molecule has 0 aliphatic rings. The summed E-state index contributed by atoms with van der Waals surface area (Å²) in [4.78, 5) is 11.8. The van der Waals surface area contributed by atoms with E-state index in [0.717, 1.165) is 35.8 Å². The molecule has 0 aliphatic carbocycles. The van der Waals surface area contributed by atoms with Crippen LogP contribution in [0, 0.1) is 0 Å². The number of aromatic nitrogens is 5. The lowest BCUT2D eigenvalue weighted by Crippen LogP contribution is -2.07. The Labute approximate surface area is 104 Å². The predicted molar refractivity (Wildman–Crippen MR) is 69.3 cm³/mol. The van der Waals surface area contributed by atoms with Gasteiger partial charge < -0.3 is 10.3 Å². The minimum absolute atomic E-state index is 0.754. The third-order valence-electron chi connectivity index (χ3n) is 2.68. The molecule has 0 bridgehead atoms. The summed E-state index contributed by atoms with van der Waals surface area (Å²) in [5.74, 6) is 1.62. The van der Waals surface area contributed by atoms with Crippen molar-refractivity contribution in [3.05, 3.63) is 36.4 Å². The average Bonchev–Trinajstić information content (AvgIpc) is 2.95. The third-order valence-corrected chi connectivity index (χ3v) is 2.68. The van der Waals surface area contributed by atoms with Crippen LogP contribution in [0.25, 0.3) is 11.0 Å². The van der Waals surface area contributed by atoms with Gasteiger partial charge in [0, 0.05) is 20.0 Å². The lowest BCUT2D eigenvalue weighted by Gasteiger charge is -1.99. The first kappa shape index (κ1) is 10.8. The van der Waals surface area contributed by atoms with Crippen molar-refractivity contribution in [1.29, 1.82) is 0 Å². The van der Waals surface area contributed by atoms with Crippen LogP contribution in [-0.4, -0.2) is 31.3 Å². The normalized spacial score (nSPS) is 10.9. The standard InChI is InChI=1S/C12H14N6/c1-18-8-14-11(17-18)6-7-13-12-15-9-4-2-3-5-10(9)16-12/h2-5,8H,6-7H2,1H3,(H2,13,15,16). The number of para-hydroxylation sites is 2. The first-order chi connectivity index (χ1) is 8.81. The maximum atomic E-state index is 4.44. The number of nitrogens with one attached hydrogen (secondary N) is 2. The zero-order valence-corrected chi connectivity index (χ0v) is 10.1. The minimum atomic E-state index is 0.754. The summed E-state index contributed by atoms with van der Waals surface area (Å²) in [6.45, 7) is 0.754. The Morgan fingerprint density at radius 3 is 3.00 bits per heavy atom. The van der Waals surface area contributed by atoms with Crippen molar-refractivity contribution < 1.29 is 0 Å². The van der Waals surface area contributed by atoms with Gasteiger partial charge in [-0.1, -0.05) is 12.1 Å². The molecule has 3 aromatic rings. The van der Waals surface area contributed by atoms with Crippen molar-refractivity contribution in [2.75, 3.05) is 11.9 Å². The zero-order valence-electron chi connectivity index (χ0n) is 10.1. The molecular formula is C12H14N6. The van der Waals surface area contributed by atoms with Gasteiger partial charge in [0.1, 0.15) is 6.33 Å². The van der Waals surface area contributed by atoms with Crippen LogP contribution in [0.3, 0.4) is 0 Å². The van der Waals surface area contributed by atoms with Crippen molar-refractivity contribution in [2.24, 2.45) is 7.05 Å². The SMILES string of the molecule is Cn1cnc(CCNc2nc3ccccc3[nH]2)n1. The van der Waals surface area contributed by atoms with Crippen LogP contribution in [0.4, 0.5) is 5.95 Å². The summed E-state index contributed by atoms with van der Waals surface area (Å²) in [6, 6.07) is 7.96. The molecule has 0 saturated heterocycles. The number of nitrogens with zero attached hydrogens (tertiary/aromatic N) is 4. The molecular weight excluding hydrogens is 228 g/mol. The van der Waals surface area contributed by atoms with Crippen LogP contribution >= 0.6 is 0 Å². The fourth-order valence-corrected chi connectivity index (χ4v) is 1.83. The summed E-state index contributed by atoms with van der Waals surface area (Å²) in [7, 11) is 1.86. The predicted octanol–water partition coefficient (Wildman–Crippen LogP) is 1.35. The second-order valence-corrected chi connectivity index (χ2v) is 4.11. The van der Waals surface area contributed by atoms with Crippen LogP contribution in [0.15, 0.2) is 30.6 Å². The van der Waals surface area contributed by atoms with Gasteiger partial charge >= 0.3 is 0 Å². The number of fused-ring (bicyclic) bond motifs is 1. The van der Waals surface area contributed by atoms with E-state index in [-0.39, 0.29) is 0 Å². The molecule has 2 heterocycles. The molecule has 2 N–H and O–H groups in total. The van der Waals surface area contributed by atoms with Gasteiger partial charge in [0.05, 0.1) is 11.0 Å². The largest absolute Gasteiger partial charge is 0.355 e. The molecule has 0 unspecified atom stereocenters. The van der Waals surface area contributed by atoms with Gasteiger partial charge in [0.15, 0.2) is 5.82 Å². The quantitative estimate of drug-likeness (QED) is 0.724. The van der Waals surface area contributed by atoms with Crippen LogP contribution in [0.1, 0.15) is 5.82 Å². The number of hydrogen-bond donors (Lipinski definition) is 2. The molecule has 3 rings (SSSR count). The second-order valence-electron chi connectivity index (χ2n) is 4.11. The zero-order chi connectivity index (χ0) is 12.4. The minimum Gasteiger partial charge on any atom is -0.355 e. The number of anilines is 1. The van der Waals surface area contributed by atoms with Crippen molar-refractivity contribution in [1.82, 2.24) is 24.7 Å². The Balaban J connectivity index is 1.62. The number of benzene rings is 1. The van der Waals surface area contributed by atoms with Gasteiger partial charge in [-0.25, -0.2) is 9.97 Å². The number of aromatic amines is 1. The number of hydrogen-bond acceptors (Lipinski definition) is 4. The summed E-state index contributed by atoms with van der Waals surface area (Å²) in [5.41, 5.74) is 2.01. The molecule has 1 aromatic carbocycles. The van der Waals surface area contributed by atoms with E-state index >= 15 is 0 Å². The van der Waals surface area contributed by atoms with E-state index in [9.17, 15) is 0 Å². The van der Waals surface area contributed by atoms with Gasteiger partial charge in [-0.15, -0.1) is 0 Å². The highest BCUT2D eigenvalue weighted by Gasteiger charge is 2.02. The van der Waals surface area contributed by atoms with Crippen LogP contribution in [-0.2, 0) is 13.5 Å². The molecule has 0 amide bonds. The van der Waals surface area contributed by atoms with Crippen LogP contribution in [0.5, 0.6) is 0 Å². The molecule has 0 saturated carbocycles. The monoisotopic (exact) mass is 242 g/mol. The maximum absolute atomic E-state index is 4.44. The van der Waals surface area contributed by atoms with Gasteiger partial charge in [0.2, 0.25) is 5.95 Å². The Morgan fingerprint density at radius 2 is 2.22 bits per heavy atom. The summed E-state index contributed by atoms with van der Waals surface area (Å²) in [6.07, 6.45) is 2.48. The Morgan fingerprint density at radius 1 is 1.33 bits per heavy atom. The molecule has 0 radical (unpaired) electrons. The van der Waals surface area contributed by atoms with Crippen molar-refractivity contribution in [3.8, 4) is 0 Å². The summed E-state index contributed by atoms with van der Waals surface area (Å²) >= 11 is 0. The average molecular weight is 242 g/mol. The first-order valence-electron chi connectivity index (χ1n) is 5.84. The van der Waals surface area contributed by atoms with Crippen molar-refractivity contribution in [3.63, 3.8) is 0 Å². The highest BCUT2D eigenvalue weighted by atomic mass is 15.3. The molecule has 6 heteroatoms. The fraction of sp³-hybridized carbons (Fsp3) is 0.250. The van der Waals surface area contributed by atoms with Gasteiger partial charge in [-0.3, -0.25) is 4.68 Å². The third kappa shape index (κ3) is 2.17. The van der Waals surface area contributed by atoms with Gasteiger partial charge in [0.25, 0.3) is 0 Å². The van der Waals surface area contributed by atoms with E-state index in [1.165, 1.54) is 0 Å². The lowest BCUT2D eigenvalue weighted by atomic mass is 10.3. The Kier molecular flexibility index (Phi) is 2.68. The van der Waals surface area contributed by atoms with Crippen molar-refractivity contribution in [2.45, 2.75) is 6.42 Å². The molecule has 6 nitrogen and oxygen atoms in total. The Hall–Kier alpha value is -2.37. The van der Waals surface area contributed by atoms with E-state index in [1.54, 1.807) is 11.0 Å². The molecule has 92 valence electrons. The fourth-order valence-electron chi connectivity index (χ4n) is 1.83. The first-order valence-corrected chi connectivity index (χ1v) is 5.84. The number of H-pyrrole nitrogens is 1. The van der Waals surface area contributed by atoms with E-state index in [4.69, 9.17) is 0 Å². The summed E-state index contributed by atoms with van der Waals surface area (Å²) < 4.78 is 1.70. The second kappa shape index (κ2) is 4.48. The Bertz CT molecular complexity index is 620. The number of rotatable bonds is 4. The van der Waals surface area contributed by atoms with E-state index in [0.29, 0.717) is 0 Å². The van der Waals surface area contributed by atoms with Crippen LogP contribution in [0.2, 0.25) is 0 Å². The maximum Gasteiger partial charge on any atom is 0.201 e. The molecule has 2 aromatic heterocycles. The van der Waals surface area contributed by atoms with E-state index in [2.05, 4.69) is 25.4 Å². The number of imidazole rings is 1. The highest BCUT2D eigenvalue weighted by molar-refractivity contribution is 5.77. The smallest absolute Gasteiger partial charge is 0.201 e. The molecule has 18 heavy (non-hydrogen) atoms. The van der Waals surface area contributed by atoms with Gasteiger partial charge in [-0.05, 0) is 12.1 Å². The summed E-state index contributed by atoms with van der Waals surface area (Å²) in [5, 5.41) is 7.46. The van der Waals surface area contributed by atoms with Crippen LogP contribution < -0.4 is 5.32 Å². The molecule has 0 spiro atoms. The molecule has 0 atom stereocenters. The highest BCUT2D eigenvalue weighted by Crippen LogP contribution is 2.12. The van der Waals surface area contributed by atoms with Crippen molar-refractivity contribution >= 4 is 17.0 Å².